The van der Waals surface area contributed by atoms with E-state index in [4.69, 9.17) is 18.0 Å². The van der Waals surface area contributed by atoms with Gasteiger partial charge in [-0.15, -0.1) is 18.2 Å². The number of terminal acetylenes is 1. The van der Waals surface area contributed by atoms with Crippen molar-refractivity contribution in [2.75, 3.05) is 5.75 Å². The van der Waals surface area contributed by atoms with Gasteiger partial charge in [-0.2, -0.15) is 0 Å². The average Bonchev–Trinajstić information content (AvgIpc) is 2.65. The van der Waals surface area contributed by atoms with E-state index in [0.717, 1.165) is 16.3 Å². The van der Waals surface area contributed by atoms with Crippen LogP contribution in [0.2, 0.25) is 5.02 Å². The second kappa shape index (κ2) is 5.56. The Bertz CT molecular complexity index is 646. The van der Waals surface area contributed by atoms with Crippen molar-refractivity contribution in [3.63, 3.8) is 0 Å². The standard InChI is InChI=1S/C15H14ClNS/c1-4-11(2)7-8-18-15-10-12-9-13(16)5-6-14(12)17(15)3/h1,5-7,9-10H,8H2,2-3H3/b11-7+. The van der Waals surface area contributed by atoms with Gasteiger partial charge in [-0.3, -0.25) is 0 Å². The van der Waals surface area contributed by atoms with E-state index in [0.29, 0.717) is 0 Å². The third-order valence-electron chi connectivity index (χ3n) is 2.81. The molecule has 0 saturated carbocycles. The zero-order valence-electron chi connectivity index (χ0n) is 10.4. The number of halogens is 1. The van der Waals surface area contributed by atoms with Crippen molar-refractivity contribution in [3.05, 3.63) is 40.9 Å². The molecule has 0 N–H and O–H groups in total. The normalized spacial score (nSPS) is 11.8. The number of rotatable bonds is 3. The van der Waals surface area contributed by atoms with Crippen LogP contribution in [0.25, 0.3) is 10.9 Å². The Hall–Kier alpha value is -1.30. The Kier molecular flexibility index (Phi) is 4.06. The number of thioether (sulfide) groups is 1. The number of fused-ring (bicyclic) bond motifs is 1. The van der Waals surface area contributed by atoms with E-state index in [9.17, 15) is 0 Å². The minimum absolute atomic E-state index is 0.771. The van der Waals surface area contributed by atoms with Gasteiger partial charge >= 0.3 is 0 Å². The maximum absolute atomic E-state index is 6.00. The summed E-state index contributed by atoms with van der Waals surface area (Å²) in [5, 5.41) is 3.16. The van der Waals surface area contributed by atoms with Gasteiger partial charge in [0.2, 0.25) is 0 Å². The highest BCUT2D eigenvalue weighted by molar-refractivity contribution is 7.99. The second-order valence-electron chi connectivity index (χ2n) is 4.09. The molecule has 0 fully saturated rings. The fraction of sp³-hybridized carbons (Fsp3) is 0.200. The first kappa shape index (κ1) is 13.1. The third-order valence-corrected chi connectivity index (χ3v) is 4.06. The van der Waals surface area contributed by atoms with E-state index in [1.54, 1.807) is 11.8 Å². The van der Waals surface area contributed by atoms with Crippen LogP contribution in [-0.4, -0.2) is 10.3 Å². The monoisotopic (exact) mass is 275 g/mol. The van der Waals surface area contributed by atoms with Crippen molar-refractivity contribution in [2.24, 2.45) is 7.05 Å². The molecule has 0 aliphatic carbocycles. The Morgan fingerprint density at radius 3 is 3.00 bits per heavy atom. The topological polar surface area (TPSA) is 4.93 Å². The van der Waals surface area contributed by atoms with E-state index in [-0.39, 0.29) is 0 Å². The molecule has 3 heteroatoms. The zero-order valence-corrected chi connectivity index (χ0v) is 12.0. The lowest BCUT2D eigenvalue weighted by Crippen LogP contribution is -1.89. The second-order valence-corrected chi connectivity index (χ2v) is 5.56. The summed E-state index contributed by atoms with van der Waals surface area (Å²) in [6.07, 6.45) is 7.38. The van der Waals surface area contributed by atoms with Gasteiger partial charge in [-0.05, 0) is 36.8 Å². The first-order valence-corrected chi connectivity index (χ1v) is 6.99. The quantitative estimate of drug-likeness (QED) is 0.590. The van der Waals surface area contributed by atoms with Crippen LogP contribution in [0.5, 0.6) is 0 Å². The van der Waals surface area contributed by atoms with Gasteiger partial charge < -0.3 is 4.57 Å². The molecule has 0 bridgehead atoms. The summed E-state index contributed by atoms with van der Waals surface area (Å²) in [6, 6.07) is 8.11. The molecule has 18 heavy (non-hydrogen) atoms. The van der Waals surface area contributed by atoms with Crippen molar-refractivity contribution in [3.8, 4) is 12.3 Å². The molecule has 0 aliphatic rings. The highest BCUT2D eigenvalue weighted by atomic mass is 35.5. The van der Waals surface area contributed by atoms with E-state index in [2.05, 4.69) is 29.7 Å². The van der Waals surface area contributed by atoms with Crippen LogP contribution in [0.15, 0.2) is 40.9 Å². The van der Waals surface area contributed by atoms with Crippen molar-refractivity contribution in [1.82, 2.24) is 4.57 Å². The summed E-state index contributed by atoms with van der Waals surface area (Å²) in [7, 11) is 2.07. The predicted molar refractivity (Wildman–Crippen MR) is 81.2 cm³/mol. The lowest BCUT2D eigenvalue weighted by molar-refractivity contribution is 0.863. The highest BCUT2D eigenvalue weighted by Crippen LogP contribution is 2.28. The molecule has 1 nitrogen and oxygen atoms in total. The molecule has 1 heterocycles. The molecule has 0 radical (unpaired) electrons. The summed E-state index contributed by atoms with van der Waals surface area (Å²) < 4.78 is 2.18. The third kappa shape index (κ3) is 2.75. The van der Waals surface area contributed by atoms with Crippen LogP contribution in [0, 0.1) is 12.3 Å². The molecule has 0 spiro atoms. The average molecular weight is 276 g/mol. The van der Waals surface area contributed by atoms with Gasteiger partial charge in [0.25, 0.3) is 0 Å². The fourth-order valence-corrected chi connectivity index (χ4v) is 2.93. The Labute approximate surface area is 117 Å². The summed E-state index contributed by atoms with van der Waals surface area (Å²) in [5.74, 6) is 3.51. The first-order valence-electron chi connectivity index (χ1n) is 5.63. The van der Waals surface area contributed by atoms with Gasteiger partial charge in [-0.25, -0.2) is 0 Å². The van der Waals surface area contributed by atoms with Gasteiger partial charge in [0.15, 0.2) is 0 Å². The van der Waals surface area contributed by atoms with Gasteiger partial charge in [0.05, 0.1) is 5.03 Å². The number of aryl methyl sites for hydroxylation is 1. The number of aromatic nitrogens is 1. The summed E-state index contributed by atoms with van der Waals surface area (Å²) in [4.78, 5) is 0. The van der Waals surface area contributed by atoms with Crippen molar-refractivity contribution < 1.29 is 0 Å². The maximum atomic E-state index is 6.00. The van der Waals surface area contributed by atoms with Crippen LogP contribution in [0.3, 0.4) is 0 Å². The molecular weight excluding hydrogens is 262 g/mol. The zero-order chi connectivity index (χ0) is 13.1. The molecular formula is C15H14ClNS. The molecule has 2 rings (SSSR count). The Morgan fingerprint density at radius 2 is 2.28 bits per heavy atom. The fourth-order valence-electron chi connectivity index (χ4n) is 1.74. The molecule has 92 valence electrons. The largest absolute Gasteiger partial charge is 0.339 e. The molecule has 0 saturated heterocycles. The first-order chi connectivity index (χ1) is 8.61. The summed E-state index contributed by atoms with van der Waals surface area (Å²) in [6.45, 7) is 1.95. The molecule has 1 aromatic carbocycles. The van der Waals surface area contributed by atoms with E-state index in [1.807, 2.05) is 25.1 Å². The molecule has 0 aliphatic heterocycles. The molecule has 0 unspecified atom stereocenters. The Morgan fingerprint density at radius 1 is 1.50 bits per heavy atom. The Balaban J connectivity index is 2.24. The van der Waals surface area contributed by atoms with Crippen LogP contribution in [0.1, 0.15) is 6.92 Å². The lowest BCUT2D eigenvalue weighted by Gasteiger charge is -2.02. The van der Waals surface area contributed by atoms with E-state index < -0.39 is 0 Å². The van der Waals surface area contributed by atoms with Gasteiger partial charge in [-0.1, -0.05) is 23.6 Å². The van der Waals surface area contributed by atoms with Crippen LogP contribution in [-0.2, 0) is 7.05 Å². The summed E-state index contributed by atoms with van der Waals surface area (Å²) >= 11 is 7.77. The number of hydrogen-bond donors (Lipinski definition) is 0. The predicted octanol–water partition coefficient (Wildman–Crippen LogP) is 4.50. The molecule has 1 aromatic heterocycles. The van der Waals surface area contributed by atoms with Gasteiger partial charge in [0.1, 0.15) is 0 Å². The van der Waals surface area contributed by atoms with Crippen molar-refractivity contribution in [1.29, 1.82) is 0 Å². The number of nitrogens with zero attached hydrogens (tertiary/aromatic N) is 1. The van der Waals surface area contributed by atoms with E-state index >= 15 is 0 Å². The van der Waals surface area contributed by atoms with Crippen LogP contribution < -0.4 is 0 Å². The molecule has 0 amide bonds. The van der Waals surface area contributed by atoms with Crippen molar-refractivity contribution in [2.45, 2.75) is 11.9 Å². The van der Waals surface area contributed by atoms with Crippen LogP contribution >= 0.6 is 23.4 Å². The number of benzene rings is 1. The van der Waals surface area contributed by atoms with Crippen LogP contribution in [0.4, 0.5) is 0 Å². The lowest BCUT2D eigenvalue weighted by atomic mass is 10.2. The number of hydrogen-bond acceptors (Lipinski definition) is 1. The molecule has 0 atom stereocenters. The van der Waals surface area contributed by atoms with Crippen molar-refractivity contribution >= 4 is 34.3 Å². The minimum atomic E-state index is 0.771. The maximum Gasteiger partial charge on any atom is 0.0759 e. The SMILES string of the molecule is C#C/C(C)=C/CSc1cc2cc(Cl)ccc2n1C. The summed E-state index contributed by atoms with van der Waals surface area (Å²) in [5.41, 5.74) is 2.17. The number of allylic oxidation sites excluding steroid dienone is 1. The minimum Gasteiger partial charge on any atom is -0.339 e. The molecule has 2 aromatic rings. The van der Waals surface area contributed by atoms with E-state index in [1.165, 1.54) is 15.9 Å². The highest BCUT2D eigenvalue weighted by Gasteiger charge is 2.05. The smallest absolute Gasteiger partial charge is 0.0759 e. The van der Waals surface area contributed by atoms with Gasteiger partial charge in [0, 0.05) is 28.7 Å².